The molecule has 0 spiro atoms. The number of esters is 1. The van der Waals surface area contributed by atoms with Gasteiger partial charge in [-0.2, -0.15) is 0 Å². The van der Waals surface area contributed by atoms with E-state index in [1.807, 2.05) is 50.2 Å². The lowest BCUT2D eigenvalue weighted by Gasteiger charge is -2.19. The second-order valence-electron chi connectivity index (χ2n) is 8.77. The molecule has 0 aromatic heterocycles. The lowest BCUT2D eigenvalue weighted by atomic mass is 9.97. The molecule has 0 bridgehead atoms. The van der Waals surface area contributed by atoms with Gasteiger partial charge in [-0.05, 0) is 79.4 Å². The smallest absolute Gasteiger partial charge is 0.338 e. The first-order valence-corrected chi connectivity index (χ1v) is 11.6. The van der Waals surface area contributed by atoms with E-state index in [0.717, 1.165) is 33.4 Å². The highest BCUT2D eigenvalue weighted by Gasteiger charge is 2.17. The van der Waals surface area contributed by atoms with E-state index in [-0.39, 0.29) is 0 Å². The van der Waals surface area contributed by atoms with Crippen molar-refractivity contribution in [3.8, 4) is 45.3 Å². The predicted molar refractivity (Wildman–Crippen MR) is 145 cm³/mol. The maximum Gasteiger partial charge on any atom is 0.338 e. The van der Waals surface area contributed by atoms with Crippen LogP contribution in [0.3, 0.4) is 0 Å². The molecule has 0 unspecified atom stereocenters. The summed E-state index contributed by atoms with van der Waals surface area (Å²) >= 11 is 0. The second kappa shape index (κ2) is 12.4. The zero-order valence-corrected chi connectivity index (χ0v) is 21.3. The van der Waals surface area contributed by atoms with Gasteiger partial charge in [0.05, 0.1) is 0 Å². The molecule has 0 fully saturated rings. The van der Waals surface area contributed by atoms with E-state index in [4.69, 9.17) is 18.9 Å². The molecule has 0 saturated heterocycles. The van der Waals surface area contributed by atoms with E-state index in [2.05, 4.69) is 19.7 Å². The molecule has 0 atom stereocenters. The maximum absolute atomic E-state index is 11.9. The summed E-state index contributed by atoms with van der Waals surface area (Å²) in [7, 11) is 0. The molecular weight excluding hydrogens is 468 g/mol. The van der Waals surface area contributed by atoms with Gasteiger partial charge in [-0.1, -0.05) is 44.0 Å². The number of hydrogen-bond acceptors (Lipinski definition) is 6. The van der Waals surface area contributed by atoms with Gasteiger partial charge in [0, 0.05) is 16.7 Å². The Morgan fingerprint density at radius 1 is 0.730 bits per heavy atom. The quantitative estimate of drug-likeness (QED) is 0.0885. The Kier molecular flexibility index (Phi) is 9.05. The SMILES string of the molecule is C=C(C)COc1cc(-c2ccc(OC(=O)C(=C)C)cc2)c(OCC(=C)C)cc1-c1ccc(OC=O)cc1. The van der Waals surface area contributed by atoms with E-state index in [1.54, 1.807) is 31.2 Å². The topological polar surface area (TPSA) is 71.1 Å². The standard InChI is InChI=1S/C31H30O6/c1-20(2)17-34-29-16-28(24-9-13-26(14-10-24)37-31(33)22(5)6)30(35-18-21(3)4)15-27(29)23-7-11-25(12-8-23)36-19-32/h7-16,19H,1,3,5,17-18H2,2,4,6H3. The molecule has 190 valence electrons. The van der Waals surface area contributed by atoms with E-state index in [1.165, 1.54) is 0 Å². The summed E-state index contributed by atoms with van der Waals surface area (Å²) in [6.45, 7) is 17.9. The number of carbonyl (C=O) groups excluding carboxylic acids is 2. The average molecular weight is 499 g/mol. The molecule has 0 heterocycles. The number of ether oxygens (including phenoxy) is 4. The van der Waals surface area contributed by atoms with Gasteiger partial charge in [0.2, 0.25) is 0 Å². The number of hydrogen-bond donors (Lipinski definition) is 0. The van der Waals surface area contributed by atoms with Crippen LogP contribution in [-0.2, 0) is 9.59 Å². The van der Waals surface area contributed by atoms with E-state index in [9.17, 15) is 9.59 Å². The normalized spacial score (nSPS) is 10.2. The van der Waals surface area contributed by atoms with Crippen LogP contribution in [0, 0.1) is 0 Å². The van der Waals surface area contributed by atoms with Crippen molar-refractivity contribution >= 4 is 12.4 Å². The van der Waals surface area contributed by atoms with Crippen molar-refractivity contribution in [3.05, 3.63) is 97.1 Å². The Morgan fingerprint density at radius 3 is 1.54 bits per heavy atom. The summed E-state index contributed by atoms with van der Waals surface area (Å²) in [5.74, 6) is 1.62. The second-order valence-corrected chi connectivity index (χ2v) is 8.77. The minimum Gasteiger partial charge on any atom is -0.489 e. The Labute approximate surface area is 217 Å². The largest absolute Gasteiger partial charge is 0.489 e. The zero-order chi connectivity index (χ0) is 26.9. The summed E-state index contributed by atoms with van der Waals surface area (Å²) in [6.07, 6.45) is 0. The van der Waals surface area contributed by atoms with Crippen LogP contribution >= 0.6 is 0 Å². The van der Waals surface area contributed by atoms with Crippen molar-refractivity contribution in [2.24, 2.45) is 0 Å². The Bertz CT molecular complexity index is 1320. The van der Waals surface area contributed by atoms with Crippen molar-refractivity contribution in [2.75, 3.05) is 13.2 Å². The first-order valence-electron chi connectivity index (χ1n) is 11.6. The predicted octanol–water partition coefficient (Wildman–Crippen LogP) is 6.95. The van der Waals surface area contributed by atoms with Crippen molar-refractivity contribution in [3.63, 3.8) is 0 Å². The third-order valence-electron chi connectivity index (χ3n) is 5.10. The van der Waals surface area contributed by atoms with Gasteiger partial charge in [0.15, 0.2) is 0 Å². The molecule has 3 rings (SSSR count). The molecule has 37 heavy (non-hydrogen) atoms. The molecule has 0 amide bonds. The van der Waals surface area contributed by atoms with Crippen molar-refractivity contribution in [1.29, 1.82) is 0 Å². The van der Waals surface area contributed by atoms with Gasteiger partial charge >= 0.3 is 5.97 Å². The fraction of sp³-hybridized carbons (Fsp3) is 0.161. The molecule has 6 nitrogen and oxygen atoms in total. The molecule has 0 aliphatic heterocycles. The van der Waals surface area contributed by atoms with Gasteiger partial charge in [0.25, 0.3) is 6.47 Å². The summed E-state index contributed by atoms with van der Waals surface area (Å²) in [5, 5.41) is 0. The minimum atomic E-state index is -0.484. The third-order valence-corrected chi connectivity index (χ3v) is 5.10. The lowest BCUT2D eigenvalue weighted by Crippen LogP contribution is -2.08. The summed E-state index contributed by atoms with van der Waals surface area (Å²) < 4.78 is 22.5. The van der Waals surface area contributed by atoms with Gasteiger partial charge in [-0.25, -0.2) is 4.79 Å². The molecule has 0 N–H and O–H groups in total. The third kappa shape index (κ3) is 7.45. The average Bonchev–Trinajstić information content (AvgIpc) is 2.87. The monoisotopic (exact) mass is 498 g/mol. The van der Waals surface area contributed by atoms with Crippen molar-refractivity contribution < 1.29 is 28.5 Å². The van der Waals surface area contributed by atoms with E-state index in [0.29, 0.717) is 48.3 Å². The molecule has 3 aromatic rings. The highest BCUT2D eigenvalue weighted by atomic mass is 16.5. The summed E-state index contributed by atoms with van der Waals surface area (Å²) in [4.78, 5) is 22.5. The van der Waals surface area contributed by atoms with Gasteiger partial charge in [0.1, 0.15) is 36.2 Å². The van der Waals surface area contributed by atoms with Gasteiger partial charge in [-0.15, -0.1) is 0 Å². The number of carbonyl (C=O) groups is 2. The van der Waals surface area contributed by atoms with Gasteiger partial charge in [-0.3, -0.25) is 4.79 Å². The molecule has 0 saturated carbocycles. The first kappa shape index (κ1) is 27.0. The van der Waals surface area contributed by atoms with Crippen molar-refractivity contribution in [1.82, 2.24) is 0 Å². The Balaban J connectivity index is 2.10. The van der Waals surface area contributed by atoms with Gasteiger partial charge < -0.3 is 18.9 Å². The Hall–Kier alpha value is -4.58. The highest BCUT2D eigenvalue weighted by molar-refractivity contribution is 5.89. The van der Waals surface area contributed by atoms with Crippen LogP contribution < -0.4 is 18.9 Å². The van der Waals surface area contributed by atoms with Crippen LogP contribution in [0.15, 0.2) is 97.1 Å². The van der Waals surface area contributed by atoms with Crippen LogP contribution in [0.1, 0.15) is 20.8 Å². The fourth-order valence-electron chi connectivity index (χ4n) is 3.32. The minimum absolute atomic E-state index is 0.320. The molecule has 3 aromatic carbocycles. The first-order chi connectivity index (χ1) is 17.7. The fourth-order valence-corrected chi connectivity index (χ4v) is 3.32. The number of benzene rings is 3. The van der Waals surface area contributed by atoms with E-state index < -0.39 is 5.97 Å². The Morgan fingerprint density at radius 2 is 1.16 bits per heavy atom. The summed E-state index contributed by atoms with van der Waals surface area (Å²) in [6, 6.07) is 18.0. The van der Waals surface area contributed by atoms with E-state index >= 15 is 0 Å². The highest BCUT2D eigenvalue weighted by Crippen LogP contribution is 2.42. The van der Waals surface area contributed by atoms with Crippen LogP contribution in [0.4, 0.5) is 0 Å². The van der Waals surface area contributed by atoms with Crippen molar-refractivity contribution in [2.45, 2.75) is 20.8 Å². The number of rotatable bonds is 12. The lowest BCUT2D eigenvalue weighted by molar-refractivity contribution is -0.130. The van der Waals surface area contributed by atoms with Crippen LogP contribution in [0.25, 0.3) is 22.3 Å². The van der Waals surface area contributed by atoms with Crippen LogP contribution in [-0.4, -0.2) is 25.7 Å². The molecule has 6 heteroatoms. The summed E-state index contributed by atoms with van der Waals surface area (Å²) in [5.41, 5.74) is 5.34. The molecule has 0 aliphatic carbocycles. The maximum atomic E-state index is 11.9. The molecule has 0 aliphatic rings. The molecule has 0 radical (unpaired) electrons. The molecular formula is C31H30O6. The zero-order valence-electron chi connectivity index (χ0n) is 21.3. The van der Waals surface area contributed by atoms with Crippen LogP contribution in [0.2, 0.25) is 0 Å². The van der Waals surface area contributed by atoms with Crippen LogP contribution in [0.5, 0.6) is 23.0 Å².